The molecule has 0 aromatic carbocycles. The molecule has 2 aromatic heterocycles. The van der Waals surface area contributed by atoms with Gasteiger partial charge >= 0.3 is 5.97 Å². The Hall–Kier alpha value is -2.17. The second-order valence-electron chi connectivity index (χ2n) is 3.85. The molecule has 0 aliphatic heterocycles. The Kier molecular flexibility index (Phi) is 3.41. The van der Waals surface area contributed by atoms with Gasteiger partial charge in [-0.2, -0.15) is 0 Å². The van der Waals surface area contributed by atoms with Crippen LogP contribution < -0.4 is 0 Å². The van der Waals surface area contributed by atoms with Crippen molar-refractivity contribution in [2.24, 2.45) is 0 Å². The summed E-state index contributed by atoms with van der Waals surface area (Å²) in [5, 5.41) is 0. The van der Waals surface area contributed by atoms with Crippen LogP contribution in [-0.2, 0) is 4.74 Å². The van der Waals surface area contributed by atoms with E-state index in [2.05, 4.69) is 9.97 Å². The number of carbonyl (C=O) groups is 1. The molecule has 0 aliphatic rings. The number of aromatic nitrogens is 2. The van der Waals surface area contributed by atoms with E-state index in [1.54, 1.807) is 19.9 Å². The van der Waals surface area contributed by atoms with Gasteiger partial charge in [-0.3, -0.25) is 0 Å². The Bertz CT molecular complexity index is 575. The van der Waals surface area contributed by atoms with Gasteiger partial charge < -0.3 is 9.15 Å². The quantitative estimate of drug-likeness (QED) is 0.778. The number of aryl methyl sites for hydroxylation is 2. The molecule has 2 heterocycles. The van der Waals surface area contributed by atoms with Crippen LogP contribution in [0.3, 0.4) is 0 Å². The van der Waals surface area contributed by atoms with E-state index in [0.717, 1.165) is 5.76 Å². The first-order valence-corrected chi connectivity index (χ1v) is 5.69. The van der Waals surface area contributed by atoms with Crippen molar-refractivity contribution < 1.29 is 13.9 Å². The van der Waals surface area contributed by atoms with Crippen LogP contribution in [0.5, 0.6) is 0 Å². The van der Waals surface area contributed by atoms with Crippen molar-refractivity contribution in [3.63, 3.8) is 0 Å². The SMILES string of the molecule is CCOC(=O)c1nc(C)cc(-c2ccc(C)o2)n1. The van der Waals surface area contributed by atoms with Crippen molar-refractivity contribution in [1.82, 2.24) is 9.97 Å². The number of esters is 1. The highest BCUT2D eigenvalue weighted by Gasteiger charge is 2.14. The molecule has 0 spiro atoms. The van der Waals surface area contributed by atoms with Crippen LogP contribution in [0.4, 0.5) is 0 Å². The predicted molar refractivity (Wildman–Crippen MR) is 65.2 cm³/mol. The van der Waals surface area contributed by atoms with Crippen molar-refractivity contribution in [2.75, 3.05) is 6.61 Å². The molecular weight excluding hydrogens is 232 g/mol. The highest BCUT2D eigenvalue weighted by Crippen LogP contribution is 2.20. The van der Waals surface area contributed by atoms with Gasteiger partial charge in [0.1, 0.15) is 11.5 Å². The minimum absolute atomic E-state index is 0.0564. The molecule has 0 saturated carbocycles. The van der Waals surface area contributed by atoms with E-state index >= 15 is 0 Å². The second kappa shape index (κ2) is 5.00. The fourth-order valence-corrected chi connectivity index (χ4v) is 1.55. The molecule has 0 aliphatic carbocycles. The van der Waals surface area contributed by atoms with Crippen LogP contribution >= 0.6 is 0 Å². The standard InChI is InChI=1S/C13H14N2O3/c1-4-17-13(16)12-14-8(2)7-10(15-12)11-6-5-9(3)18-11/h5-7H,4H2,1-3H3. The van der Waals surface area contributed by atoms with E-state index in [0.29, 0.717) is 23.8 Å². The number of ether oxygens (including phenoxy) is 1. The first kappa shape index (κ1) is 12.3. The summed E-state index contributed by atoms with van der Waals surface area (Å²) in [4.78, 5) is 19.8. The Morgan fingerprint density at radius 1 is 1.33 bits per heavy atom. The van der Waals surface area contributed by atoms with Crippen LogP contribution in [0.15, 0.2) is 22.6 Å². The number of rotatable bonds is 3. The summed E-state index contributed by atoms with van der Waals surface area (Å²) in [7, 11) is 0. The van der Waals surface area contributed by atoms with Crippen molar-refractivity contribution in [3.05, 3.63) is 35.5 Å². The summed E-state index contributed by atoms with van der Waals surface area (Å²) in [5.74, 6) is 0.939. The third-order valence-corrected chi connectivity index (χ3v) is 2.31. The van der Waals surface area contributed by atoms with Crippen molar-refractivity contribution in [3.8, 4) is 11.5 Å². The van der Waals surface area contributed by atoms with E-state index in [1.807, 2.05) is 19.1 Å². The zero-order valence-corrected chi connectivity index (χ0v) is 10.6. The molecule has 0 atom stereocenters. The maximum atomic E-state index is 11.6. The van der Waals surface area contributed by atoms with Gasteiger partial charge in [-0.25, -0.2) is 14.8 Å². The van der Waals surface area contributed by atoms with E-state index in [9.17, 15) is 4.79 Å². The lowest BCUT2D eigenvalue weighted by molar-refractivity contribution is 0.0511. The fraction of sp³-hybridized carbons (Fsp3) is 0.308. The molecule has 0 fully saturated rings. The molecule has 0 saturated heterocycles. The number of furan rings is 1. The summed E-state index contributed by atoms with van der Waals surface area (Å²) in [5.41, 5.74) is 1.27. The molecule has 5 heteroatoms. The second-order valence-corrected chi connectivity index (χ2v) is 3.85. The van der Waals surface area contributed by atoms with Gasteiger partial charge in [0.25, 0.3) is 0 Å². The van der Waals surface area contributed by atoms with E-state index < -0.39 is 5.97 Å². The molecule has 18 heavy (non-hydrogen) atoms. The van der Waals surface area contributed by atoms with Crippen LogP contribution in [0.2, 0.25) is 0 Å². The maximum absolute atomic E-state index is 11.6. The lowest BCUT2D eigenvalue weighted by Crippen LogP contribution is -2.11. The van der Waals surface area contributed by atoms with Crippen LogP contribution in [0.1, 0.15) is 29.0 Å². The molecule has 0 unspecified atom stereocenters. The van der Waals surface area contributed by atoms with Crippen molar-refractivity contribution >= 4 is 5.97 Å². The highest BCUT2D eigenvalue weighted by molar-refractivity contribution is 5.85. The minimum Gasteiger partial charge on any atom is -0.460 e. The third-order valence-electron chi connectivity index (χ3n) is 2.31. The van der Waals surface area contributed by atoms with Gasteiger partial charge in [-0.1, -0.05) is 0 Å². The number of hydrogen-bond acceptors (Lipinski definition) is 5. The fourth-order valence-electron chi connectivity index (χ4n) is 1.55. The molecule has 0 N–H and O–H groups in total. The summed E-state index contributed by atoms with van der Waals surface area (Å²) in [6, 6.07) is 5.42. The minimum atomic E-state index is -0.522. The van der Waals surface area contributed by atoms with Gasteiger partial charge in [-0.15, -0.1) is 0 Å². The van der Waals surface area contributed by atoms with E-state index in [-0.39, 0.29) is 5.82 Å². The molecule has 0 amide bonds. The molecule has 5 nitrogen and oxygen atoms in total. The lowest BCUT2D eigenvalue weighted by atomic mass is 10.2. The predicted octanol–water partition coefficient (Wildman–Crippen LogP) is 2.53. The van der Waals surface area contributed by atoms with Gasteiger partial charge in [0.15, 0.2) is 5.76 Å². The molecule has 2 aromatic rings. The lowest BCUT2D eigenvalue weighted by Gasteiger charge is -2.03. The monoisotopic (exact) mass is 246 g/mol. The van der Waals surface area contributed by atoms with Crippen LogP contribution in [0.25, 0.3) is 11.5 Å². The molecule has 94 valence electrons. The summed E-state index contributed by atoms with van der Waals surface area (Å²) in [6.45, 7) is 5.68. The van der Waals surface area contributed by atoms with Gasteiger partial charge in [0.2, 0.25) is 5.82 Å². The molecule has 0 radical (unpaired) electrons. The zero-order valence-electron chi connectivity index (χ0n) is 10.6. The normalized spacial score (nSPS) is 10.4. The molecule has 2 rings (SSSR count). The Balaban J connectivity index is 2.41. The van der Waals surface area contributed by atoms with Crippen molar-refractivity contribution in [1.29, 1.82) is 0 Å². The van der Waals surface area contributed by atoms with Crippen molar-refractivity contribution in [2.45, 2.75) is 20.8 Å². The van der Waals surface area contributed by atoms with Crippen LogP contribution in [-0.4, -0.2) is 22.5 Å². The van der Waals surface area contributed by atoms with Gasteiger partial charge in [0.05, 0.1) is 6.61 Å². The third kappa shape index (κ3) is 2.56. The molecule has 0 bridgehead atoms. The average Bonchev–Trinajstić information content (AvgIpc) is 2.75. The Morgan fingerprint density at radius 2 is 2.11 bits per heavy atom. The number of nitrogens with zero attached hydrogens (tertiary/aromatic N) is 2. The topological polar surface area (TPSA) is 65.2 Å². The largest absolute Gasteiger partial charge is 0.460 e. The highest BCUT2D eigenvalue weighted by atomic mass is 16.5. The number of carbonyl (C=O) groups excluding carboxylic acids is 1. The Labute approximate surface area is 105 Å². The molecular formula is C13H14N2O3. The first-order chi connectivity index (χ1) is 8.60. The summed E-state index contributed by atoms with van der Waals surface area (Å²) < 4.78 is 10.4. The van der Waals surface area contributed by atoms with Gasteiger partial charge in [0, 0.05) is 5.69 Å². The average molecular weight is 246 g/mol. The first-order valence-electron chi connectivity index (χ1n) is 5.69. The zero-order chi connectivity index (χ0) is 13.1. The summed E-state index contributed by atoms with van der Waals surface area (Å²) >= 11 is 0. The maximum Gasteiger partial charge on any atom is 0.376 e. The Morgan fingerprint density at radius 3 is 2.72 bits per heavy atom. The van der Waals surface area contributed by atoms with E-state index in [1.165, 1.54) is 0 Å². The van der Waals surface area contributed by atoms with Crippen LogP contribution in [0, 0.1) is 13.8 Å². The smallest absolute Gasteiger partial charge is 0.376 e. The number of hydrogen-bond donors (Lipinski definition) is 0. The van der Waals surface area contributed by atoms with Gasteiger partial charge in [-0.05, 0) is 39.0 Å². The summed E-state index contributed by atoms with van der Waals surface area (Å²) in [6.07, 6.45) is 0. The van der Waals surface area contributed by atoms with E-state index in [4.69, 9.17) is 9.15 Å².